The van der Waals surface area contributed by atoms with Crippen molar-refractivity contribution >= 4 is 17.6 Å². The molecule has 2 N–H and O–H groups in total. The first kappa shape index (κ1) is 15.1. The molecule has 2 heterocycles. The first-order valence-corrected chi connectivity index (χ1v) is 7.09. The molecule has 0 aliphatic carbocycles. The van der Waals surface area contributed by atoms with Crippen molar-refractivity contribution in [1.29, 1.82) is 0 Å². The Bertz CT molecular complexity index is 744. The number of carboxylic acid groups (broad SMARTS) is 1. The molecule has 0 saturated carbocycles. The van der Waals surface area contributed by atoms with E-state index in [1.807, 2.05) is 6.07 Å². The van der Waals surface area contributed by atoms with Crippen molar-refractivity contribution in [2.45, 2.75) is 32.0 Å². The topological polar surface area (TPSA) is 119 Å². The molecule has 9 nitrogen and oxygen atoms in total. The second-order valence-corrected chi connectivity index (χ2v) is 5.21. The number of nitrogens with one attached hydrogen (secondary N) is 1. The molecule has 1 aliphatic rings. The van der Waals surface area contributed by atoms with Gasteiger partial charge in [-0.3, -0.25) is 4.79 Å². The van der Waals surface area contributed by atoms with Crippen LogP contribution in [-0.2, 0) is 14.3 Å². The molecule has 3 rings (SSSR count). The number of carbonyl (C=O) groups excluding carboxylic acids is 1. The molecule has 1 aromatic carbocycles. The van der Waals surface area contributed by atoms with Crippen LogP contribution in [0.5, 0.6) is 0 Å². The molecule has 23 heavy (non-hydrogen) atoms. The molecule has 1 aromatic heterocycles. The van der Waals surface area contributed by atoms with Crippen LogP contribution >= 0.6 is 0 Å². The summed E-state index contributed by atoms with van der Waals surface area (Å²) in [5, 5.41) is 22.9. The number of tetrazole rings is 1. The fourth-order valence-corrected chi connectivity index (χ4v) is 2.42. The fraction of sp³-hybridized carbons (Fsp3) is 0.357. The second-order valence-electron chi connectivity index (χ2n) is 5.21. The largest absolute Gasteiger partial charge is 0.479 e. The molecule has 0 unspecified atom stereocenters. The summed E-state index contributed by atoms with van der Waals surface area (Å²) in [6.07, 6.45) is -0.957. The number of nitrogens with zero attached hydrogens (tertiary/aromatic N) is 4. The third-order valence-corrected chi connectivity index (χ3v) is 3.57. The highest BCUT2D eigenvalue weighted by Crippen LogP contribution is 2.22. The van der Waals surface area contributed by atoms with Gasteiger partial charge in [0.2, 0.25) is 0 Å². The Kier molecular flexibility index (Phi) is 4.02. The van der Waals surface area contributed by atoms with E-state index in [1.165, 1.54) is 0 Å². The van der Waals surface area contributed by atoms with E-state index in [2.05, 4.69) is 20.8 Å². The number of anilines is 1. The minimum Gasteiger partial charge on any atom is -0.479 e. The van der Waals surface area contributed by atoms with Crippen LogP contribution in [0.15, 0.2) is 24.3 Å². The zero-order valence-corrected chi connectivity index (χ0v) is 12.3. The van der Waals surface area contributed by atoms with E-state index in [1.54, 1.807) is 29.8 Å². The molecule has 2 aromatic rings. The van der Waals surface area contributed by atoms with E-state index < -0.39 is 18.2 Å². The van der Waals surface area contributed by atoms with Gasteiger partial charge in [-0.1, -0.05) is 6.07 Å². The summed E-state index contributed by atoms with van der Waals surface area (Å²) < 4.78 is 6.77. The SMILES string of the molecule is Cc1nnnn1-c1cccc(NC(=O)[C@@H]2CC[C@H](C(=O)O)O2)c1. The molecule has 120 valence electrons. The third kappa shape index (κ3) is 3.19. The summed E-state index contributed by atoms with van der Waals surface area (Å²) in [5.74, 6) is -0.785. The maximum Gasteiger partial charge on any atom is 0.332 e. The number of amides is 1. The van der Waals surface area contributed by atoms with E-state index in [0.717, 1.165) is 0 Å². The maximum atomic E-state index is 12.2. The Morgan fingerprint density at radius 3 is 2.78 bits per heavy atom. The van der Waals surface area contributed by atoms with Gasteiger partial charge in [0.05, 0.1) is 5.69 Å². The van der Waals surface area contributed by atoms with Crippen LogP contribution in [0.4, 0.5) is 5.69 Å². The number of aryl methyl sites for hydroxylation is 1. The van der Waals surface area contributed by atoms with Crippen molar-refractivity contribution < 1.29 is 19.4 Å². The number of ether oxygens (including phenoxy) is 1. The van der Waals surface area contributed by atoms with Gasteiger partial charge < -0.3 is 15.2 Å². The molecule has 1 amide bonds. The fourth-order valence-electron chi connectivity index (χ4n) is 2.42. The Hall–Kier alpha value is -2.81. The van der Waals surface area contributed by atoms with Crippen molar-refractivity contribution in [3.8, 4) is 5.69 Å². The summed E-state index contributed by atoms with van der Waals surface area (Å²) >= 11 is 0. The van der Waals surface area contributed by atoms with E-state index >= 15 is 0 Å². The second kappa shape index (κ2) is 6.13. The average Bonchev–Trinajstić information content (AvgIpc) is 3.16. The molecule has 1 fully saturated rings. The molecule has 1 aliphatic heterocycles. The van der Waals surface area contributed by atoms with E-state index in [4.69, 9.17) is 9.84 Å². The van der Waals surface area contributed by atoms with Gasteiger partial charge in [0.15, 0.2) is 11.9 Å². The lowest BCUT2D eigenvalue weighted by atomic mass is 10.2. The predicted octanol–water partition coefficient (Wildman–Crippen LogP) is 0.541. The number of benzene rings is 1. The van der Waals surface area contributed by atoms with Crippen molar-refractivity contribution in [2.24, 2.45) is 0 Å². The van der Waals surface area contributed by atoms with Crippen LogP contribution in [0.3, 0.4) is 0 Å². The van der Waals surface area contributed by atoms with Crippen LogP contribution in [-0.4, -0.2) is 49.4 Å². The number of aliphatic carboxylic acids is 1. The Morgan fingerprint density at radius 1 is 1.35 bits per heavy atom. The number of rotatable bonds is 4. The van der Waals surface area contributed by atoms with E-state index in [0.29, 0.717) is 30.0 Å². The van der Waals surface area contributed by atoms with E-state index in [-0.39, 0.29) is 5.91 Å². The Balaban J connectivity index is 1.70. The first-order valence-electron chi connectivity index (χ1n) is 7.09. The van der Waals surface area contributed by atoms with Crippen LogP contribution in [0.25, 0.3) is 5.69 Å². The first-order chi connectivity index (χ1) is 11.0. The van der Waals surface area contributed by atoms with Gasteiger partial charge in [0.1, 0.15) is 6.10 Å². The highest BCUT2D eigenvalue weighted by molar-refractivity contribution is 5.95. The summed E-state index contributed by atoms with van der Waals surface area (Å²) in [5.41, 5.74) is 1.27. The standard InChI is InChI=1S/C14H15N5O4/c1-8-16-17-18-19(8)10-4-2-3-9(7-10)15-13(20)11-5-6-12(23-11)14(21)22/h2-4,7,11-12H,5-6H2,1H3,(H,15,20)(H,21,22)/t11-,12+/m0/s1. The summed E-state index contributed by atoms with van der Waals surface area (Å²) in [6.45, 7) is 1.77. The number of carbonyl (C=O) groups is 2. The molecule has 0 bridgehead atoms. The molecular weight excluding hydrogens is 302 g/mol. The zero-order valence-electron chi connectivity index (χ0n) is 12.3. The molecule has 9 heteroatoms. The summed E-state index contributed by atoms with van der Waals surface area (Å²) in [7, 11) is 0. The zero-order chi connectivity index (χ0) is 16.4. The number of carboxylic acids is 1. The van der Waals surface area contributed by atoms with Crippen LogP contribution < -0.4 is 5.32 Å². The number of aromatic nitrogens is 4. The van der Waals surface area contributed by atoms with Crippen molar-refractivity contribution in [3.63, 3.8) is 0 Å². The third-order valence-electron chi connectivity index (χ3n) is 3.57. The van der Waals surface area contributed by atoms with Gasteiger partial charge in [-0.15, -0.1) is 5.10 Å². The normalized spacial score (nSPS) is 20.4. The van der Waals surface area contributed by atoms with Crippen LogP contribution in [0, 0.1) is 6.92 Å². The van der Waals surface area contributed by atoms with Crippen molar-refractivity contribution in [2.75, 3.05) is 5.32 Å². The highest BCUT2D eigenvalue weighted by Gasteiger charge is 2.34. The molecular formula is C14H15N5O4. The lowest BCUT2D eigenvalue weighted by Crippen LogP contribution is -2.29. The van der Waals surface area contributed by atoms with Gasteiger partial charge >= 0.3 is 5.97 Å². The lowest BCUT2D eigenvalue weighted by Gasteiger charge is -2.12. The average molecular weight is 317 g/mol. The quantitative estimate of drug-likeness (QED) is 0.844. The van der Waals surface area contributed by atoms with Crippen molar-refractivity contribution in [3.05, 3.63) is 30.1 Å². The maximum absolute atomic E-state index is 12.2. The van der Waals surface area contributed by atoms with Gasteiger partial charge in [-0.05, 0) is 48.4 Å². The summed E-state index contributed by atoms with van der Waals surface area (Å²) in [4.78, 5) is 23.0. The Labute approximate surface area is 131 Å². The van der Waals surface area contributed by atoms with Gasteiger partial charge in [-0.25, -0.2) is 4.79 Å². The molecule has 0 spiro atoms. The predicted molar refractivity (Wildman–Crippen MR) is 78.1 cm³/mol. The molecule has 0 radical (unpaired) electrons. The van der Waals surface area contributed by atoms with Crippen LogP contribution in [0.2, 0.25) is 0 Å². The Morgan fingerprint density at radius 2 is 2.13 bits per heavy atom. The van der Waals surface area contributed by atoms with Gasteiger partial charge in [-0.2, -0.15) is 4.68 Å². The minimum absolute atomic E-state index is 0.331. The number of hydrogen-bond donors (Lipinski definition) is 2. The minimum atomic E-state index is -1.04. The smallest absolute Gasteiger partial charge is 0.332 e. The summed E-state index contributed by atoms with van der Waals surface area (Å²) in [6, 6.07) is 7.03. The van der Waals surface area contributed by atoms with Gasteiger partial charge in [0.25, 0.3) is 5.91 Å². The monoisotopic (exact) mass is 317 g/mol. The molecule has 1 saturated heterocycles. The highest BCUT2D eigenvalue weighted by atomic mass is 16.5. The van der Waals surface area contributed by atoms with E-state index in [9.17, 15) is 9.59 Å². The molecule has 2 atom stereocenters. The van der Waals surface area contributed by atoms with Crippen LogP contribution in [0.1, 0.15) is 18.7 Å². The lowest BCUT2D eigenvalue weighted by molar-refractivity contribution is -0.150. The van der Waals surface area contributed by atoms with Crippen molar-refractivity contribution in [1.82, 2.24) is 20.2 Å². The number of hydrogen-bond acceptors (Lipinski definition) is 6. The van der Waals surface area contributed by atoms with Gasteiger partial charge in [0, 0.05) is 5.69 Å².